The highest BCUT2D eigenvalue weighted by atomic mass is 16.2. The molecule has 1 aromatic heterocycles. The van der Waals surface area contributed by atoms with Crippen LogP contribution in [0.5, 0.6) is 0 Å². The van der Waals surface area contributed by atoms with Crippen molar-refractivity contribution in [2.75, 3.05) is 31.1 Å². The average Bonchev–Trinajstić information content (AvgIpc) is 2.84. The van der Waals surface area contributed by atoms with E-state index in [2.05, 4.69) is 42.6 Å². The molecule has 0 aliphatic carbocycles. The second kappa shape index (κ2) is 8.67. The molecule has 2 saturated heterocycles. The molecule has 160 valence electrons. The normalized spacial score (nSPS) is 19.3. The number of rotatable bonds is 7. The van der Waals surface area contributed by atoms with Gasteiger partial charge in [0.2, 0.25) is 0 Å². The third-order valence-corrected chi connectivity index (χ3v) is 6.04. The minimum Gasteiger partial charge on any atom is -0.356 e. The highest BCUT2D eigenvalue weighted by Gasteiger charge is 2.57. The van der Waals surface area contributed by atoms with Gasteiger partial charge in [-0.2, -0.15) is 0 Å². The van der Waals surface area contributed by atoms with E-state index in [1.807, 2.05) is 17.9 Å². The summed E-state index contributed by atoms with van der Waals surface area (Å²) in [6, 6.07) is 1.88. The van der Waals surface area contributed by atoms with Crippen molar-refractivity contribution in [3.63, 3.8) is 0 Å². The van der Waals surface area contributed by atoms with Gasteiger partial charge < -0.3 is 9.80 Å². The molecular weight excluding hydrogens is 366 g/mol. The Morgan fingerprint density at radius 2 is 1.76 bits per heavy atom. The standard InChI is InChI=1S/C22H35N5O2/c1-16(2)7-6-10-26-20(28)22(27(21(26)29)14-17(3)4)8-11-25(12-9-22)19-13-18(5)23-15-24-19/h13,15-17H,6-12,14H2,1-5H3. The molecule has 0 N–H and O–H groups in total. The van der Waals surface area contributed by atoms with Gasteiger partial charge in [-0.1, -0.05) is 27.7 Å². The van der Waals surface area contributed by atoms with Gasteiger partial charge in [0.25, 0.3) is 5.91 Å². The van der Waals surface area contributed by atoms with Crippen LogP contribution in [-0.4, -0.2) is 63.4 Å². The summed E-state index contributed by atoms with van der Waals surface area (Å²) < 4.78 is 0. The number of anilines is 1. The third-order valence-electron chi connectivity index (χ3n) is 6.04. The lowest BCUT2D eigenvalue weighted by molar-refractivity contribution is -0.134. The van der Waals surface area contributed by atoms with E-state index in [0.717, 1.165) is 24.4 Å². The number of amides is 3. The molecule has 0 radical (unpaired) electrons. The van der Waals surface area contributed by atoms with Crippen LogP contribution >= 0.6 is 0 Å². The number of carbonyl (C=O) groups excluding carboxylic acids is 2. The highest BCUT2D eigenvalue weighted by Crippen LogP contribution is 2.38. The monoisotopic (exact) mass is 401 g/mol. The average molecular weight is 402 g/mol. The molecule has 0 unspecified atom stereocenters. The van der Waals surface area contributed by atoms with Gasteiger partial charge in [0.15, 0.2) is 0 Å². The van der Waals surface area contributed by atoms with Gasteiger partial charge in [0.05, 0.1) is 0 Å². The topological polar surface area (TPSA) is 69.6 Å². The molecule has 3 amide bonds. The van der Waals surface area contributed by atoms with Crippen LogP contribution in [0.15, 0.2) is 12.4 Å². The van der Waals surface area contributed by atoms with E-state index >= 15 is 0 Å². The van der Waals surface area contributed by atoms with Gasteiger partial charge in [-0.15, -0.1) is 0 Å². The Labute approximate surface area is 174 Å². The SMILES string of the molecule is Cc1cc(N2CCC3(CC2)C(=O)N(CCCC(C)C)C(=O)N3CC(C)C)ncn1. The molecular formula is C22H35N5O2. The second-order valence-corrected chi connectivity index (χ2v) is 9.32. The van der Waals surface area contributed by atoms with Crippen molar-refractivity contribution in [2.24, 2.45) is 11.8 Å². The Hall–Kier alpha value is -2.18. The smallest absolute Gasteiger partial charge is 0.327 e. The maximum Gasteiger partial charge on any atom is 0.327 e. The summed E-state index contributed by atoms with van der Waals surface area (Å²) in [5, 5.41) is 0. The molecule has 0 aromatic carbocycles. The number of hydrogen-bond acceptors (Lipinski definition) is 5. The quantitative estimate of drug-likeness (QED) is 0.654. The van der Waals surface area contributed by atoms with Crippen molar-refractivity contribution in [1.29, 1.82) is 0 Å². The zero-order valence-corrected chi connectivity index (χ0v) is 18.5. The second-order valence-electron chi connectivity index (χ2n) is 9.32. The number of piperidine rings is 1. The summed E-state index contributed by atoms with van der Waals surface area (Å²) >= 11 is 0. The Morgan fingerprint density at radius 1 is 1.07 bits per heavy atom. The van der Waals surface area contributed by atoms with Crippen molar-refractivity contribution in [3.05, 3.63) is 18.1 Å². The molecule has 3 rings (SSSR count). The van der Waals surface area contributed by atoms with Crippen LogP contribution in [0.4, 0.5) is 10.6 Å². The summed E-state index contributed by atoms with van der Waals surface area (Å²) in [6.45, 7) is 13.1. The number of nitrogens with zero attached hydrogens (tertiary/aromatic N) is 5. The number of urea groups is 1. The van der Waals surface area contributed by atoms with E-state index in [0.29, 0.717) is 50.9 Å². The molecule has 3 heterocycles. The summed E-state index contributed by atoms with van der Waals surface area (Å²) in [7, 11) is 0. The van der Waals surface area contributed by atoms with Crippen molar-refractivity contribution in [3.8, 4) is 0 Å². The largest absolute Gasteiger partial charge is 0.356 e. The van der Waals surface area contributed by atoms with Gasteiger partial charge >= 0.3 is 6.03 Å². The van der Waals surface area contributed by atoms with Crippen molar-refractivity contribution < 1.29 is 9.59 Å². The summed E-state index contributed by atoms with van der Waals surface area (Å²) in [6.07, 6.45) is 4.77. The number of hydrogen-bond donors (Lipinski definition) is 0. The van der Waals surface area contributed by atoms with Crippen LogP contribution in [0.3, 0.4) is 0 Å². The van der Waals surface area contributed by atoms with E-state index in [-0.39, 0.29) is 11.9 Å². The molecule has 7 nitrogen and oxygen atoms in total. The van der Waals surface area contributed by atoms with Crippen LogP contribution in [-0.2, 0) is 4.79 Å². The minimum atomic E-state index is -0.697. The van der Waals surface area contributed by atoms with E-state index in [4.69, 9.17) is 0 Å². The van der Waals surface area contributed by atoms with Gasteiger partial charge in [-0.3, -0.25) is 9.69 Å². The maximum absolute atomic E-state index is 13.5. The fourth-order valence-corrected chi connectivity index (χ4v) is 4.46. The van der Waals surface area contributed by atoms with Crippen molar-refractivity contribution in [1.82, 2.24) is 19.8 Å². The Morgan fingerprint density at radius 3 is 2.34 bits per heavy atom. The first-order valence-electron chi connectivity index (χ1n) is 10.9. The van der Waals surface area contributed by atoms with E-state index in [1.165, 1.54) is 4.90 Å². The predicted octanol–water partition coefficient (Wildman–Crippen LogP) is 3.48. The molecule has 0 bridgehead atoms. The Balaban J connectivity index is 1.77. The predicted molar refractivity (Wildman–Crippen MR) is 114 cm³/mol. The highest BCUT2D eigenvalue weighted by molar-refractivity contribution is 6.07. The van der Waals surface area contributed by atoms with E-state index in [9.17, 15) is 9.59 Å². The third kappa shape index (κ3) is 4.38. The first-order valence-corrected chi connectivity index (χ1v) is 10.9. The van der Waals surface area contributed by atoms with Gasteiger partial charge in [-0.05, 0) is 44.4 Å². The minimum absolute atomic E-state index is 0.00502. The maximum atomic E-state index is 13.5. The molecule has 2 aliphatic rings. The lowest BCUT2D eigenvalue weighted by Gasteiger charge is -2.43. The van der Waals surface area contributed by atoms with E-state index in [1.54, 1.807) is 6.33 Å². The fourth-order valence-electron chi connectivity index (χ4n) is 4.46. The van der Waals surface area contributed by atoms with Crippen LogP contribution in [0, 0.1) is 18.8 Å². The first kappa shape index (κ1) is 21.5. The zero-order valence-electron chi connectivity index (χ0n) is 18.5. The summed E-state index contributed by atoms with van der Waals surface area (Å²) in [5.41, 5.74) is 0.234. The molecule has 1 spiro atoms. The Kier molecular flexibility index (Phi) is 6.44. The number of carbonyl (C=O) groups is 2. The van der Waals surface area contributed by atoms with Crippen LogP contribution in [0.25, 0.3) is 0 Å². The summed E-state index contributed by atoms with van der Waals surface area (Å²) in [4.78, 5) is 40.8. The number of aryl methyl sites for hydroxylation is 1. The summed E-state index contributed by atoms with van der Waals surface area (Å²) in [5.74, 6) is 1.80. The molecule has 0 saturated carbocycles. The zero-order chi connectivity index (χ0) is 21.2. The van der Waals surface area contributed by atoms with Gasteiger partial charge in [0, 0.05) is 37.9 Å². The molecule has 29 heavy (non-hydrogen) atoms. The van der Waals surface area contributed by atoms with Gasteiger partial charge in [-0.25, -0.2) is 14.8 Å². The van der Waals surface area contributed by atoms with Crippen LogP contribution in [0.2, 0.25) is 0 Å². The van der Waals surface area contributed by atoms with Crippen molar-refractivity contribution >= 4 is 17.8 Å². The number of imide groups is 1. The lowest BCUT2D eigenvalue weighted by Crippen LogP contribution is -2.57. The molecule has 2 fully saturated rings. The number of aromatic nitrogens is 2. The lowest BCUT2D eigenvalue weighted by atomic mass is 9.85. The molecule has 0 atom stereocenters. The van der Waals surface area contributed by atoms with Crippen molar-refractivity contribution in [2.45, 2.75) is 65.8 Å². The Bertz CT molecular complexity index is 740. The molecule has 1 aromatic rings. The molecule has 7 heteroatoms. The van der Waals surface area contributed by atoms with Crippen LogP contribution < -0.4 is 4.90 Å². The van der Waals surface area contributed by atoms with Crippen LogP contribution in [0.1, 0.15) is 59.1 Å². The fraction of sp³-hybridized carbons (Fsp3) is 0.727. The van der Waals surface area contributed by atoms with E-state index < -0.39 is 5.54 Å². The first-order chi connectivity index (χ1) is 13.7. The molecule has 2 aliphatic heterocycles. The van der Waals surface area contributed by atoms with Gasteiger partial charge in [0.1, 0.15) is 17.7 Å².